The smallest absolute Gasteiger partial charge is 0.243 e. The molecule has 0 spiro atoms. The van der Waals surface area contributed by atoms with Gasteiger partial charge in [0.05, 0.1) is 6.07 Å². The Bertz CT molecular complexity index is 365. The summed E-state index contributed by atoms with van der Waals surface area (Å²) in [6.07, 6.45) is 9.03. The van der Waals surface area contributed by atoms with Crippen LogP contribution < -0.4 is 0 Å². The van der Waals surface area contributed by atoms with E-state index in [0.29, 0.717) is 6.04 Å². The van der Waals surface area contributed by atoms with Gasteiger partial charge in [0.15, 0.2) is 0 Å². The quantitative estimate of drug-likeness (QED) is 0.697. The molecular formula is C14H20N2O. The molecule has 0 aromatic heterocycles. The Labute approximate surface area is 103 Å². The molecule has 1 amide bonds. The van der Waals surface area contributed by atoms with Crippen LogP contribution in [0.4, 0.5) is 0 Å². The van der Waals surface area contributed by atoms with E-state index >= 15 is 0 Å². The van der Waals surface area contributed by atoms with Crippen molar-refractivity contribution in [3.8, 4) is 6.07 Å². The molecule has 1 heterocycles. The van der Waals surface area contributed by atoms with Gasteiger partial charge in [-0.3, -0.25) is 4.79 Å². The molecule has 17 heavy (non-hydrogen) atoms. The second-order valence-electron chi connectivity index (χ2n) is 5.95. The number of carbonyl (C=O) groups is 1. The lowest BCUT2D eigenvalue weighted by Gasteiger charge is -2.44. The van der Waals surface area contributed by atoms with Gasteiger partial charge in [-0.2, -0.15) is 5.26 Å². The van der Waals surface area contributed by atoms with Gasteiger partial charge in [-0.25, -0.2) is 0 Å². The van der Waals surface area contributed by atoms with Crippen molar-refractivity contribution < 1.29 is 4.79 Å². The molecule has 3 heteroatoms. The summed E-state index contributed by atoms with van der Waals surface area (Å²) in [6, 6.07) is 2.71. The van der Waals surface area contributed by atoms with E-state index < -0.39 is 5.41 Å². The van der Waals surface area contributed by atoms with E-state index in [0.717, 1.165) is 38.1 Å². The summed E-state index contributed by atoms with van der Waals surface area (Å²) in [4.78, 5) is 14.5. The summed E-state index contributed by atoms with van der Waals surface area (Å²) in [5, 5.41) is 9.16. The fraction of sp³-hybridized carbons (Fsp3) is 0.857. The van der Waals surface area contributed by atoms with Crippen LogP contribution in [-0.4, -0.2) is 23.4 Å². The second kappa shape index (κ2) is 4.01. The third kappa shape index (κ3) is 1.74. The maximum absolute atomic E-state index is 12.5. The molecule has 0 N–H and O–H groups in total. The van der Waals surface area contributed by atoms with Crippen LogP contribution in [0.25, 0.3) is 0 Å². The summed E-state index contributed by atoms with van der Waals surface area (Å²) in [6.45, 7) is 0.892. The number of amides is 1. The van der Waals surface area contributed by atoms with Crippen molar-refractivity contribution in [2.24, 2.45) is 11.3 Å². The van der Waals surface area contributed by atoms with Gasteiger partial charge in [-0.05, 0) is 44.4 Å². The van der Waals surface area contributed by atoms with E-state index in [-0.39, 0.29) is 5.91 Å². The van der Waals surface area contributed by atoms with Crippen molar-refractivity contribution in [3.63, 3.8) is 0 Å². The number of hydrogen-bond acceptors (Lipinski definition) is 2. The molecule has 0 radical (unpaired) electrons. The third-order valence-electron chi connectivity index (χ3n) is 4.88. The summed E-state index contributed by atoms with van der Waals surface area (Å²) in [5.74, 6) is 0.868. The molecule has 0 aromatic rings. The first kappa shape index (κ1) is 11.1. The Balaban J connectivity index is 1.77. The first-order chi connectivity index (χ1) is 8.27. The summed E-state index contributed by atoms with van der Waals surface area (Å²) in [5.41, 5.74) is -0.612. The highest BCUT2D eigenvalue weighted by Crippen LogP contribution is 2.48. The van der Waals surface area contributed by atoms with E-state index in [4.69, 9.17) is 5.26 Å². The van der Waals surface area contributed by atoms with Crippen molar-refractivity contribution in [2.75, 3.05) is 6.54 Å². The molecule has 3 nitrogen and oxygen atoms in total. The van der Waals surface area contributed by atoms with Crippen molar-refractivity contribution >= 4 is 5.91 Å². The van der Waals surface area contributed by atoms with Crippen LogP contribution in [0.1, 0.15) is 51.4 Å². The van der Waals surface area contributed by atoms with Gasteiger partial charge in [-0.1, -0.05) is 12.8 Å². The molecule has 0 unspecified atom stereocenters. The standard InChI is InChI=1S/C14H20N2O/c15-10-14(7-8-14)13(17)16-9-3-5-11-4-1-2-6-12(11)16/h11-12H,1-9H2/t11-,12-/m1/s1. The monoisotopic (exact) mass is 232 g/mol. The zero-order chi connectivity index (χ0) is 11.9. The molecular weight excluding hydrogens is 212 g/mol. The largest absolute Gasteiger partial charge is 0.338 e. The SMILES string of the molecule is N#CC1(C(=O)N2CCC[C@H]3CCCC[C@H]32)CC1. The third-order valence-corrected chi connectivity index (χ3v) is 4.88. The van der Waals surface area contributed by atoms with Crippen molar-refractivity contribution in [1.82, 2.24) is 4.90 Å². The van der Waals surface area contributed by atoms with Crippen LogP contribution in [-0.2, 0) is 4.79 Å². The maximum Gasteiger partial charge on any atom is 0.243 e. The molecule has 3 fully saturated rings. The minimum atomic E-state index is -0.612. The topological polar surface area (TPSA) is 44.1 Å². The van der Waals surface area contributed by atoms with Gasteiger partial charge in [0.25, 0.3) is 0 Å². The average Bonchev–Trinajstić information content (AvgIpc) is 3.18. The highest BCUT2D eigenvalue weighted by atomic mass is 16.2. The number of rotatable bonds is 1. The van der Waals surface area contributed by atoms with Gasteiger partial charge in [0.2, 0.25) is 5.91 Å². The molecule has 0 aromatic carbocycles. The lowest BCUT2D eigenvalue weighted by atomic mass is 9.78. The maximum atomic E-state index is 12.5. The normalized spacial score (nSPS) is 34.6. The van der Waals surface area contributed by atoms with E-state index in [1.165, 1.54) is 25.7 Å². The molecule has 3 rings (SSSR count). The minimum absolute atomic E-state index is 0.150. The summed E-state index contributed by atoms with van der Waals surface area (Å²) < 4.78 is 0. The second-order valence-corrected chi connectivity index (χ2v) is 5.95. The Hall–Kier alpha value is -1.04. The Morgan fingerprint density at radius 3 is 2.59 bits per heavy atom. The van der Waals surface area contributed by atoms with Crippen LogP contribution in [0.5, 0.6) is 0 Å². The average molecular weight is 232 g/mol. The van der Waals surface area contributed by atoms with Crippen LogP contribution in [0.15, 0.2) is 0 Å². The lowest BCUT2D eigenvalue weighted by molar-refractivity contribution is -0.141. The summed E-state index contributed by atoms with van der Waals surface area (Å²) in [7, 11) is 0. The number of carbonyl (C=O) groups excluding carboxylic acids is 1. The Morgan fingerprint density at radius 1 is 1.18 bits per heavy atom. The van der Waals surface area contributed by atoms with Crippen LogP contribution in [0.2, 0.25) is 0 Å². The molecule has 0 bridgehead atoms. The van der Waals surface area contributed by atoms with Crippen molar-refractivity contribution in [3.05, 3.63) is 0 Å². The van der Waals surface area contributed by atoms with Gasteiger partial charge in [-0.15, -0.1) is 0 Å². The lowest BCUT2D eigenvalue weighted by Crippen LogP contribution is -2.51. The fourth-order valence-electron chi connectivity index (χ4n) is 3.65. The van der Waals surface area contributed by atoms with E-state index in [1.807, 2.05) is 0 Å². The molecule has 2 saturated carbocycles. The number of fused-ring (bicyclic) bond motifs is 1. The molecule has 1 aliphatic heterocycles. The Kier molecular flexibility index (Phi) is 2.61. The predicted octanol–water partition coefficient (Wildman–Crippen LogP) is 2.47. The molecule has 1 saturated heterocycles. The Morgan fingerprint density at radius 2 is 1.88 bits per heavy atom. The van der Waals surface area contributed by atoms with E-state index in [2.05, 4.69) is 11.0 Å². The highest BCUT2D eigenvalue weighted by Gasteiger charge is 2.54. The molecule has 92 valence electrons. The van der Waals surface area contributed by atoms with Gasteiger partial charge in [0.1, 0.15) is 5.41 Å². The molecule has 3 aliphatic rings. The fourth-order valence-corrected chi connectivity index (χ4v) is 3.65. The molecule has 2 aliphatic carbocycles. The summed E-state index contributed by atoms with van der Waals surface area (Å²) >= 11 is 0. The van der Waals surface area contributed by atoms with Crippen LogP contribution >= 0.6 is 0 Å². The number of likely N-dealkylation sites (tertiary alicyclic amines) is 1. The highest BCUT2D eigenvalue weighted by molar-refractivity contribution is 5.88. The first-order valence-electron chi connectivity index (χ1n) is 6.99. The zero-order valence-corrected chi connectivity index (χ0v) is 10.3. The van der Waals surface area contributed by atoms with E-state index in [1.54, 1.807) is 0 Å². The molecule has 2 atom stereocenters. The zero-order valence-electron chi connectivity index (χ0n) is 10.3. The van der Waals surface area contributed by atoms with Crippen LogP contribution in [0.3, 0.4) is 0 Å². The minimum Gasteiger partial charge on any atom is -0.338 e. The number of hydrogen-bond donors (Lipinski definition) is 0. The first-order valence-corrected chi connectivity index (χ1v) is 6.99. The predicted molar refractivity (Wildman–Crippen MR) is 64.0 cm³/mol. The number of piperidine rings is 1. The van der Waals surface area contributed by atoms with Gasteiger partial charge in [0, 0.05) is 12.6 Å². The number of nitrogens with zero attached hydrogens (tertiary/aromatic N) is 2. The van der Waals surface area contributed by atoms with Gasteiger partial charge >= 0.3 is 0 Å². The van der Waals surface area contributed by atoms with Crippen LogP contribution in [0, 0.1) is 22.7 Å². The van der Waals surface area contributed by atoms with Gasteiger partial charge < -0.3 is 4.90 Å². The van der Waals surface area contributed by atoms with Crippen molar-refractivity contribution in [1.29, 1.82) is 5.26 Å². The van der Waals surface area contributed by atoms with Crippen molar-refractivity contribution in [2.45, 2.75) is 57.4 Å². The number of nitriles is 1. The van der Waals surface area contributed by atoms with E-state index in [9.17, 15) is 4.79 Å².